The van der Waals surface area contributed by atoms with Crippen LogP contribution >= 0.6 is 27.3 Å². The quantitative estimate of drug-likeness (QED) is 0.691. The number of carbonyl (C=O) groups excluding carboxylic acids is 1. The van der Waals surface area contributed by atoms with Crippen molar-refractivity contribution in [2.24, 2.45) is 0 Å². The molecule has 2 aromatic heterocycles. The van der Waals surface area contributed by atoms with Crippen molar-refractivity contribution < 1.29 is 4.79 Å². The molecule has 0 atom stereocenters. The third kappa shape index (κ3) is 2.46. The van der Waals surface area contributed by atoms with E-state index in [0.717, 1.165) is 9.86 Å². The Labute approximate surface area is 129 Å². The smallest absolute Gasteiger partial charge is 0.259 e. The van der Waals surface area contributed by atoms with Gasteiger partial charge in [0.15, 0.2) is 0 Å². The number of hydrogen-bond acceptors (Lipinski definition) is 3. The summed E-state index contributed by atoms with van der Waals surface area (Å²) in [4.78, 5) is 18.3. The van der Waals surface area contributed by atoms with E-state index in [0.29, 0.717) is 11.4 Å². The summed E-state index contributed by atoms with van der Waals surface area (Å²) in [6.45, 7) is 0. The Morgan fingerprint density at radius 1 is 1.25 bits per heavy atom. The molecule has 20 heavy (non-hydrogen) atoms. The normalized spacial score (nSPS) is 10.7. The summed E-state index contributed by atoms with van der Waals surface area (Å²) in [5, 5.41) is 3.12. The summed E-state index contributed by atoms with van der Waals surface area (Å²) in [6.07, 6.45) is 1.68. The molecule has 1 amide bonds. The molecule has 0 bridgehead atoms. The highest BCUT2D eigenvalue weighted by Gasteiger charge is 2.14. The van der Waals surface area contributed by atoms with E-state index in [1.54, 1.807) is 29.5 Å². The van der Waals surface area contributed by atoms with Gasteiger partial charge in [-0.2, -0.15) is 0 Å². The van der Waals surface area contributed by atoms with Crippen LogP contribution in [-0.2, 0) is 0 Å². The largest absolute Gasteiger partial charge is 0.296 e. The fraction of sp³-hybridized carbons (Fsp3) is 0.0667. The first-order valence-corrected chi connectivity index (χ1v) is 7.69. The van der Waals surface area contributed by atoms with Crippen molar-refractivity contribution in [1.82, 2.24) is 4.98 Å². The van der Waals surface area contributed by atoms with Gasteiger partial charge in [-0.3, -0.25) is 9.69 Å². The summed E-state index contributed by atoms with van der Waals surface area (Å²) < 4.78 is 2.08. The van der Waals surface area contributed by atoms with Crippen molar-refractivity contribution in [1.29, 1.82) is 0 Å². The highest BCUT2D eigenvalue weighted by molar-refractivity contribution is 9.10. The fourth-order valence-electron chi connectivity index (χ4n) is 1.96. The first-order valence-electron chi connectivity index (χ1n) is 6.02. The average molecular weight is 347 g/mol. The highest BCUT2D eigenvalue weighted by Crippen LogP contribution is 2.23. The summed E-state index contributed by atoms with van der Waals surface area (Å²) >= 11 is 5.01. The zero-order chi connectivity index (χ0) is 14.1. The number of nitrogens with zero attached hydrogens (tertiary/aromatic N) is 2. The summed E-state index contributed by atoms with van der Waals surface area (Å²) in [5.74, 6) is 0.566. The first kappa shape index (κ1) is 13.3. The molecule has 0 aliphatic carbocycles. The van der Waals surface area contributed by atoms with Crippen molar-refractivity contribution >= 4 is 49.1 Å². The minimum absolute atomic E-state index is 0.0621. The predicted octanol–water partition coefficient (Wildman–Crippen LogP) is 4.34. The Balaban J connectivity index is 1.92. The Morgan fingerprint density at radius 2 is 2.10 bits per heavy atom. The average Bonchev–Trinajstić information content (AvgIpc) is 2.94. The van der Waals surface area contributed by atoms with E-state index in [9.17, 15) is 4.79 Å². The lowest BCUT2D eigenvalue weighted by atomic mass is 10.1. The molecule has 0 aliphatic rings. The second-order valence-electron chi connectivity index (χ2n) is 4.37. The highest BCUT2D eigenvalue weighted by atomic mass is 79.9. The maximum atomic E-state index is 12.5. The van der Waals surface area contributed by atoms with Gasteiger partial charge in [0, 0.05) is 28.0 Å². The number of fused-ring (bicyclic) bond motifs is 1. The number of aromatic nitrogens is 1. The van der Waals surface area contributed by atoms with Crippen LogP contribution in [0.15, 0.2) is 52.4 Å². The second kappa shape index (κ2) is 5.34. The minimum Gasteiger partial charge on any atom is -0.296 e. The van der Waals surface area contributed by atoms with Gasteiger partial charge in [-0.15, -0.1) is 11.3 Å². The lowest BCUT2D eigenvalue weighted by Crippen LogP contribution is -2.26. The van der Waals surface area contributed by atoms with E-state index < -0.39 is 0 Å². The van der Waals surface area contributed by atoms with E-state index in [4.69, 9.17) is 0 Å². The van der Waals surface area contributed by atoms with Crippen molar-refractivity contribution in [3.63, 3.8) is 0 Å². The van der Waals surface area contributed by atoms with Crippen LogP contribution in [0.4, 0.5) is 5.82 Å². The van der Waals surface area contributed by atoms with Gasteiger partial charge >= 0.3 is 0 Å². The lowest BCUT2D eigenvalue weighted by molar-refractivity contribution is 0.0992. The SMILES string of the molecule is CN(C(=O)c1ccc2sccc2c1)c1ccc(Br)cn1. The van der Waals surface area contributed by atoms with Crippen LogP contribution in [0.2, 0.25) is 0 Å². The number of rotatable bonds is 2. The molecule has 0 radical (unpaired) electrons. The molecule has 0 aliphatic heterocycles. The molecule has 100 valence electrons. The van der Waals surface area contributed by atoms with Crippen LogP contribution in [-0.4, -0.2) is 17.9 Å². The standard InChI is InChI=1S/C15H11BrN2OS/c1-18(14-5-3-12(16)9-17-14)15(19)11-2-4-13-10(8-11)6-7-20-13/h2-9H,1H3. The molecule has 3 nitrogen and oxygen atoms in total. The Kier molecular flexibility index (Phi) is 3.54. The van der Waals surface area contributed by atoms with E-state index in [-0.39, 0.29) is 5.91 Å². The number of benzene rings is 1. The number of amides is 1. The number of pyridine rings is 1. The fourth-order valence-corrected chi connectivity index (χ4v) is 2.97. The number of carbonyl (C=O) groups is 1. The third-order valence-electron chi connectivity index (χ3n) is 3.06. The van der Waals surface area contributed by atoms with Crippen LogP contribution in [0.1, 0.15) is 10.4 Å². The molecule has 0 saturated heterocycles. The van der Waals surface area contributed by atoms with Crippen LogP contribution in [0.3, 0.4) is 0 Å². The van der Waals surface area contributed by atoms with Crippen molar-refractivity contribution in [2.45, 2.75) is 0 Å². The third-order valence-corrected chi connectivity index (χ3v) is 4.43. The van der Waals surface area contributed by atoms with Crippen LogP contribution in [0, 0.1) is 0 Å². The first-order chi connectivity index (χ1) is 9.65. The van der Waals surface area contributed by atoms with Gasteiger partial charge in [0.1, 0.15) is 5.82 Å². The maximum Gasteiger partial charge on any atom is 0.259 e. The molecule has 1 aromatic carbocycles. The molecule has 5 heteroatoms. The van der Waals surface area contributed by atoms with Gasteiger partial charge in [-0.25, -0.2) is 4.98 Å². The van der Waals surface area contributed by atoms with Gasteiger partial charge in [0.2, 0.25) is 0 Å². The number of anilines is 1. The predicted molar refractivity (Wildman–Crippen MR) is 86.5 cm³/mol. The van der Waals surface area contributed by atoms with E-state index in [2.05, 4.69) is 20.9 Å². The number of halogens is 1. The van der Waals surface area contributed by atoms with E-state index >= 15 is 0 Å². The summed E-state index contributed by atoms with van der Waals surface area (Å²) in [7, 11) is 1.73. The Morgan fingerprint density at radius 3 is 2.85 bits per heavy atom. The molecule has 3 aromatic rings. The van der Waals surface area contributed by atoms with E-state index in [1.165, 1.54) is 4.70 Å². The zero-order valence-corrected chi connectivity index (χ0v) is 13.1. The topological polar surface area (TPSA) is 33.2 Å². The minimum atomic E-state index is -0.0621. The summed E-state index contributed by atoms with van der Waals surface area (Å²) in [6, 6.07) is 11.5. The van der Waals surface area contributed by atoms with Crippen LogP contribution in [0.25, 0.3) is 10.1 Å². The molecule has 3 rings (SSSR count). The van der Waals surface area contributed by atoms with Gasteiger partial charge in [-0.1, -0.05) is 0 Å². The Hall–Kier alpha value is -1.72. The van der Waals surface area contributed by atoms with Gasteiger partial charge in [0.05, 0.1) is 0 Å². The molecular weight excluding hydrogens is 336 g/mol. The molecule has 0 fully saturated rings. The molecular formula is C15H11BrN2OS. The van der Waals surface area contributed by atoms with Gasteiger partial charge in [-0.05, 0) is 63.1 Å². The second-order valence-corrected chi connectivity index (χ2v) is 6.24. The van der Waals surface area contributed by atoms with E-state index in [1.807, 2.05) is 41.8 Å². The van der Waals surface area contributed by atoms with Crippen molar-refractivity contribution in [3.05, 3.63) is 58.0 Å². The summed E-state index contributed by atoms with van der Waals surface area (Å²) in [5.41, 5.74) is 0.670. The number of thiophene rings is 1. The molecule has 0 N–H and O–H groups in total. The molecule has 2 heterocycles. The molecule has 0 spiro atoms. The van der Waals surface area contributed by atoms with Gasteiger partial charge < -0.3 is 0 Å². The van der Waals surface area contributed by atoms with Gasteiger partial charge in [0.25, 0.3) is 5.91 Å². The maximum absolute atomic E-state index is 12.5. The lowest BCUT2D eigenvalue weighted by Gasteiger charge is -2.16. The number of hydrogen-bond donors (Lipinski definition) is 0. The van der Waals surface area contributed by atoms with Crippen LogP contribution in [0.5, 0.6) is 0 Å². The molecule has 0 saturated carbocycles. The zero-order valence-electron chi connectivity index (χ0n) is 10.7. The Bertz CT molecular complexity index is 767. The molecule has 0 unspecified atom stereocenters. The van der Waals surface area contributed by atoms with Crippen molar-refractivity contribution in [3.8, 4) is 0 Å². The van der Waals surface area contributed by atoms with Crippen molar-refractivity contribution in [2.75, 3.05) is 11.9 Å². The monoisotopic (exact) mass is 346 g/mol. The van der Waals surface area contributed by atoms with Crippen LogP contribution < -0.4 is 4.90 Å².